The Bertz CT molecular complexity index is 644. The summed E-state index contributed by atoms with van der Waals surface area (Å²) in [4.78, 5) is 12.4. The van der Waals surface area contributed by atoms with Gasteiger partial charge in [0.1, 0.15) is 0 Å². The van der Waals surface area contributed by atoms with E-state index >= 15 is 0 Å². The Morgan fingerprint density at radius 2 is 1.95 bits per heavy atom. The fourth-order valence-electron chi connectivity index (χ4n) is 1.79. The number of hydrogen-bond donors (Lipinski definition) is 1. The molecule has 1 atom stereocenters. The smallest absolute Gasteiger partial charge is 0.255 e. The monoisotopic (exact) mass is 415 g/mol. The van der Waals surface area contributed by atoms with Gasteiger partial charge >= 0.3 is 0 Å². The molecule has 1 N–H and O–H groups in total. The van der Waals surface area contributed by atoms with E-state index < -0.39 is 0 Å². The first-order valence-electron chi connectivity index (χ1n) is 5.98. The molecule has 0 radical (unpaired) electrons. The summed E-state index contributed by atoms with van der Waals surface area (Å²) in [5, 5.41) is 3.43. The van der Waals surface area contributed by atoms with E-state index in [-0.39, 0.29) is 10.7 Å². The molecule has 1 unspecified atom stereocenters. The highest BCUT2D eigenvalue weighted by atomic mass is 79.9. The first-order valence-corrected chi connectivity index (χ1v) is 8.07. The van der Waals surface area contributed by atoms with Gasteiger partial charge in [0.25, 0.3) is 5.91 Å². The van der Waals surface area contributed by atoms with E-state index in [1.807, 2.05) is 31.2 Å². The largest absolute Gasteiger partial charge is 0.322 e. The van der Waals surface area contributed by atoms with Gasteiger partial charge in [0.2, 0.25) is 0 Å². The molecule has 0 aliphatic rings. The van der Waals surface area contributed by atoms with Crippen LogP contribution in [0.1, 0.15) is 27.7 Å². The zero-order valence-corrected chi connectivity index (χ0v) is 14.6. The van der Waals surface area contributed by atoms with E-state index in [0.717, 1.165) is 15.7 Å². The molecule has 0 saturated heterocycles. The molecule has 0 spiro atoms. The molecule has 0 aromatic heterocycles. The second-order valence-corrected chi connectivity index (χ2v) is 6.92. The summed E-state index contributed by atoms with van der Waals surface area (Å²) >= 11 is 12.8. The molecule has 0 bridgehead atoms. The van der Waals surface area contributed by atoms with Crippen molar-refractivity contribution >= 4 is 55.1 Å². The van der Waals surface area contributed by atoms with Crippen molar-refractivity contribution in [2.75, 3.05) is 5.32 Å². The van der Waals surface area contributed by atoms with Crippen LogP contribution in [0.3, 0.4) is 0 Å². The Hall–Kier alpha value is -0.840. The number of para-hydroxylation sites is 1. The first kappa shape index (κ1) is 15.5. The van der Waals surface area contributed by atoms with Crippen molar-refractivity contribution in [3.05, 3.63) is 63.1 Å². The average Bonchev–Trinajstić information content (AvgIpc) is 2.42. The predicted octanol–water partition coefficient (Wildman–Crippen LogP) is 5.81. The summed E-state index contributed by atoms with van der Waals surface area (Å²) < 4.78 is 0.769. The summed E-state index contributed by atoms with van der Waals surface area (Å²) in [7, 11) is 0. The van der Waals surface area contributed by atoms with E-state index in [1.165, 1.54) is 0 Å². The van der Waals surface area contributed by atoms with Crippen molar-refractivity contribution in [2.24, 2.45) is 0 Å². The molecule has 2 nitrogen and oxygen atoms in total. The van der Waals surface area contributed by atoms with Gasteiger partial charge in [-0.1, -0.05) is 45.7 Å². The molecule has 0 aliphatic carbocycles. The Balaban J connectivity index is 2.26. The highest BCUT2D eigenvalue weighted by Crippen LogP contribution is 2.29. The number of benzene rings is 2. The van der Waals surface area contributed by atoms with Gasteiger partial charge in [-0.15, -0.1) is 0 Å². The predicted molar refractivity (Wildman–Crippen MR) is 90.9 cm³/mol. The van der Waals surface area contributed by atoms with E-state index in [9.17, 15) is 4.79 Å². The van der Waals surface area contributed by atoms with E-state index in [4.69, 9.17) is 11.6 Å². The van der Waals surface area contributed by atoms with Crippen LogP contribution in [-0.4, -0.2) is 5.91 Å². The highest BCUT2D eigenvalue weighted by molar-refractivity contribution is 9.10. The lowest BCUT2D eigenvalue weighted by molar-refractivity contribution is 0.102. The number of anilines is 1. The number of carbonyl (C=O) groups excluding carboxylic acids is 1. The third-order valence-corrected chi connectivity index (χ3v) is 4.55. The Morgan fingerprint density at radius 1 is 1.25 bits per heavy atom. The van der Waals surface area contributed by atoms with Crippen LogP contribution in [0.4, 0.5) is 5.69 Å². The van der Waals surface area contributed by atoms with Crippen LogP contribution >= 0.6 is 43.5 Å². The van der Waals surface area contributed by atoms with Crippen LogP contribution in [0.25, 0.3) is 0 Å². The maximum atomic E-state index is 12.3. The molecule has 2 rings (SSSR count). The van der Waals surface area contributed by atoms with Crippen LogP contribution in [0.15, 0.2) is 46.9 Å². The highest BCUT2D eigenvalue weighted by Gasteiger charge is 2.12. The van der Waals surface area contributed by atoms with E-state index in [1.54, 1.807) is 18.2 Å². The lowest BCUT2D eigenvalue weighted by Crippen LogP contribution is -2.13. The van der Waals surface area contributed by atoms with Crippen LogP contribution in [0.2, 0.25) is 5.02 Å². The molecule has 2 aromatic rings. The van der Waals surface area contributed by atoms with Crippen molar-refractivity contribution in [2.45, 2.75) is 11.8 Å². The summed E-state index contributed by atoms with van der Waals surface area (Å²) in [5.74, 6) is -0.181. The normalized spacial score (nSPS) is 12.0. The summed E-state index contributed by atoms with van der Waals surface area (Å²) in [5.41, 5.74) is 2.35. The van der Waals surface area contributed by atoms with Crippen LogP contribution in [-0.2, 0) is 0 Å². The second-order valence-electron chi connectivity index (χ2n) is 4.29. The molecule has 20 heavy (non-hydrogen) atoms. The van der Waals surface area contributed by atoms with E-state index in [2.05, 4.69) is 37.2 Å². The molecule has 0 heterocycles. The van der Waals surface area contributed by atoms with Crippen molar-refractivity contribution in [3.8, 4) is 0 Å². The zero-order chi connectivity index (χ0) is 14.7. The van der Waals surface area contributed by atoms with Crippen molar-refractivity contribution in [1.82, 2.24) is 0 Å². The lowest BCUT2D eigenvalue weighted by atomic mass is 10.1. The van der Waals surface area contributed by atoms with Crippen molar-refractivity contribution in [3.63, 3.8) is 0 Å². The topological polar surface area (TPSA) is 29.1 Å². The Kier molecular flexibility index (Phi) is 5.24. The van der Waals surface area contributed by atoms with E-state index in [0.29, 0.717) is 10.6 Å². The molecular formula is C15H12Br2ClNO. The van der Waals surface area contributed by atoms with Gasteiger partial charge < -0.3 is 5.32 Å². The van der Waals surface area contributed by atoms with Crippen LogP contribution < -0.4 is 5.32 Å². The number of carbonyl (C=O) groups is 1. The maximum absolute atomic E-state index is 12.3. The van der Waals surface area contributed by atoms with Gasteiger partial charge in [0, 0.05) is 20.6 Å². The summed E-state index contributed by atoms with van der Waals surface area (Å²) in [6.07, 6.45) is 0. The number of rotatable bonds is 3. The van der Waals surface area contributed by atoms with Gasteiger partial charge in [-0.05, 0) is 52.7 Å². The Morgan fingerprint density at radius 3 is 2.60 bits per heavy atom. The minimum Gasteiger partial charge on any atom is -0.322 e. The molecule has 0 aliphatic heterocycles. The second kappa shape index (κ2) is 6.74. The molecule has 5 heteroatoms. The number of nitrogens with one attached hydrogen (secondary N) is 1. The quantitative estimate of drug-likeness (QED) is 0.627. The standard InChI is InChI=1S/C15H12Br2ClNO/c1-9(16)11-4-2-3-5-14(11)19-15(20)10-6-7-12(17)13(18)8-10/h2-9H,1H3,(H,19,20). The Labute approximate surface area is 139 Å². The van der Waals surface area contributed by atoms with Crippen molar-refractivity contribution in [1.29, 1.82) is 0 Å². The fourth-order valence-corrected chi connectivity index (χ4v) is 2.62. The van der Waals surface area contributed by atoms with Crippen LogP contribution in [0, 0.1) is 0 Å². The maximum Gasteiger partial charge on any atom is 0.255 e. The minimum atomic E-state index is -0.181. The fraction of sp³-hybridized carbons (Fsp3) is 0.133. The van der Waals surface area contributed by atoms with Gasteiger partial charge in [0.15, 0.2) is 0 Å². The van der Waals surface area contributed by atoms with Gasteiger partial charge in [-0.2, -0.15) is 0 Å². The number of hydrogen-bond acceptors (Lipinski definition) is 1. The van der Waals surface area contributed by atoms with Gasteiger partial charge in [0.05, 0.1) is 5.02 Å². The molecular weight excluding hydrogens is 405 g/mol. The average molecular weight is 418 g/mol. The van der Waals surface area contributed by atoms with Crippen molar-refractivity contribution < 1.29 is 4.79 Å². The SMILES string of the molecule is CC(Br)c1ccccc1NC(=O)c1ccc(Br)c(Cl)c1. The summed E-state index contributed by atoms with van der Waals surface area (Å²) in [6.45, 7) is 2.02. The molecule has 1 amide bonds. The molecule has 0 saturated carbocycles. The third-order valence-electron chi connectivity index (χ3n) is 2.82. The van der Waals surface area contributed by atoms with Gasteiger partial charge in [-0.25, -0.2) is 0 Å². The molecule has 2 aromatic carbocycles. The summed E-state index contributed by atoms with van der Waals surface area (Å²) in [6, 6.07) is 12.8. The molecule has 104 valence electrons. The number of amides is 1. The number of alkyl halides is 1. The number of halogens is 3. The minimum absolute atomic E-state index is 0.160. The third kappa shape index (κ3) is 3.62. The zero-order valence-electron chi connectivity index (χ0n) is 10.7. The lowest BCUT2D eigenvalue weighted by Gasteiger charge is -2.13. The molecule has 0 fully saturated rings. The van der Waals surface area contributed by atoms with Crippen LogP contribution in [0.5, 0.6) is 0 Å². The van der Waals surface area contributed by atoms with Gasteiger partial charge in [-0.3, -0.25) is 4.79 Å². The first-order chi connectivity index (χ1) is 9.49.